The second kappa shape index (κ2) is 7.31. The number of alkyl halides is 2. The number of hydrogen-bond acceptors (Lipinski definition) is 2. The Balaban J connectivity index is 1.73. The highest BCUT2D eigenvalue weighted by atomic mass is 19.3. The van der Waals surface area contributed by atoms with Crippen molar-refractivity contribution < 1.29 is 13.5 Å². The van der Waals surface area contributed by atoms with E-state index in [9.17, 15) is 8.78 Å². The van der Waals surface area contributed by atoms with Crippen molar-refractivity contribution >= 4 is 10.9 Å². The van der Waals surface area contributed by atoms with Gasteiger partial charge in [0.25, 0.3) is 0 Å². The molecule has 0 bridgehead atoms. The molecular formula is C22H24F2N2O. The number of aromatic nitrogens is 1. The van der Waals surface area contributed by atoms with Gasteiger partial charge in [-0.3, -0.25) is 4.90 Å². The van der Waals surface area contributed by atoms with Crippen LogP contribution in [-0.4, -0.2) is 30.0 Å². The number of fused-ring (bicyclic) bond motifs is 1. The average molecular weight is 370 g/mol. The lowest BCUT2D eigenvalue weighted by Gasteiger charge is -2.26. The van der Waals surface area contributed by atoms with Crippen LogP contribution in [0.3, 0.4) is 0 Å². The Morgan fingerprint density at radius 1 is 1.22 bits per heavy atom. The maximum Gasteiger partial charge on any atom is 0.242 e. The summed E-state index contributed by atoms with van der Waals surface area (Å²) in [7, 11) is 1.66. The summed E-state index contributed by atoms with van der Waals surface area (Å²) in [6, 6.07) is 14.0. The third-order valence-electron chi connectivity index (χ3n) is 5.67. The second-order valence-corrected chi connectivity index (χ2v) is 7.33. The fourth-order valence-electron chi connectivity index (χ4n) is 4.30. The lowest BCUT2D eigenvalue weighted by Crippen LogP contribution is -2.25. The van der Waals surface area contributed by atoms with Crippen molar-refractivity contribution in [2.75, 3.05) is 13.7 Å². The number of methoxy groups -OCH3 is 1. The van der Waals surface area contributed by atoms with Crippen molar-refractivity contribution in [3.63, 3.8) is 0 Å². The molecule has 1 fully saturated rings. The summed E-state index contributed by atoms with van der Waals surface area (Å²) < 4.78 is 32.6. The van der Waals surface area contributed by atoms with Crippen LogP contribution in [0.25, 0.3) is 10.9 Å². The van der Waals surface area contributed by atoms with Gasteiger partial charge in [0.15, 0.2) is 0 Å². The van der Waals surface area contributed by atoms with Crippen LogP contribution >= 0.6 is 0 Å². The average Bonchev–Trinajstić information content (AvgIpc) is 3.32. The Morgan fingerprint density at radius 3 is 2.70 bits per heavy atom. The summed E-state index contributed by atoms with van der Waals surface area (Å²) in [6.45, 7) is 3.02. The zero-order chi connectivity index (χ0) is 19.0. The molecule has 3 aromatic rings. The van der Waals surface area contributed by atoms with Crippen LogP contribution in [0.1, 0.15) is 29.2 Å². The van der Waals surface area contributed by atoms with Gasteiger partial charge in [0.1, 0.15) is 5.75 Å². The fourth-order valence-corrected chi connectivity index (χ4v) is 4.30. The number of nitrogens with one attached hydrogen (secondary N) is 1. The molecule has 4 rings (SSSR count). The number of halogens is 2. The molecule has 142 valence electrons. The first-order valence-electron chi connectivity index (χ1n) is 9.29. The van der Waals surface area contributed by atoms with E-state index < -0.39 is 12.3 Å². The molecule has 5 heteroatoms. The SMILES string of the molecule is COc1cc(C)c2[nH]ccc2c1CN1CC(C(F)F)CC1c1ccccc1. The summed E-state index contributed by atoms with van der Waals surface area (Å²) in [6.07, 6.45) is 0.0984. The van der Waals surface area contributed by atoms with E-state index in [4.69, 9.17) is 4.74 Å². The second-order valence-electron chi connectivity index (χ2n) is 7.33. The maximum atomic E-state index is 13.5. The summed E-state index contributed by atoms with van der Waals surface area (Å²) in [5, 5.41) is 1.10. The van der Waals surface area contributed by atoms with Gasteiger partial charge < -0.3 is 9.72 Å². The van der Waals surface area contributed by atoms with Gasteiger partial charge in [0.05, 0.1) is 7.11 Å². The van der Waals surface area contributed by atoms with Crippen LogP contribution in [0, 0.1) is 12.8 Å². The highest BCUT2D eigenvalue weighted by molar-refractivity contribution is 5.88. The summed E-state index contributed by atoms with van der Waals surface area (Å²) in [5.41, 5.74) is 4.33. The van der Waals surface area contributed by atoms with E-state index in [0.717, 1.165) is 33.3 Å². The number of nitrogens with zero attached hydrogens (tertiary/aromatic N) is 1. The molecule has 2 unspecified atom stereocenters. The van der Waals surface area contributed by atoms with Gasteiger partial charge in [0.2, 0.25) is 6.43 Å². The van der Waals surface area contributed by atoms with E-state index >= 15 is 0 Å². The molecular weight excluding hydrogens is 346 g/mol. The Labute approximate surface area is 157 Å². The minimum Gasteiger partial charge on any atom is -0.496 e. The molecule has 0 amide bonds. The molecule has 0 spiro atoms. The molecule has 27 heavy (non-hydrogen) atoms. The van der Waals surface area contributed by atoms with Gasteiger partial charge >= 0.3 is 0 Å². The first-order chi connectivity index (χ1) is 13.1. The minimum absolute atomic E-state index is 0.00907. The molecule has 1 saturated heterocycles. The molecule has 3 nitrogen and oxygen atoms in total. The van der Waals surface area contributed by atoms with Gasteiger partial charge in [-0.25, -0.2) is 8.78 Å². The lowest BCUT2D eigenvalue weighted by molar-refractivity contribution is 0.0803. The van der Waals surface area contributed by atoms with Crippen molar-refractivity contribution in [3.8, 4) is 5.75 Å². The van der Waals surface area contributed by atoms with Crippen molar-refractivity contribution in [3.05, 3.63) is 65.4 Å². The Morgan fingerprint density at radius 2 is 2.00 bits per heavy atom. The van der Waals surface area contributed by atoms with E-state index in [1.54, 1.807) is 7.11 Å². The molecule has 1 N–H and O–H groups in total. The quantitative estimate of drug-likeness (QED) is 0.659. The molecule has 1 aromatic heterocycles. The number of hydrogen-bond donors (Lipinski definition) is 1. The van der Waals surface area contributed by atoms with E-state index in [0.29, 0.717) is 19.5 Å². The molecule has 0 radical (unpaired) electrons. The summed E-state index contributed by atoms with van der Waals surface area (Å²) in [4.78, 5) is 5.45. The number of ether oxygens (including phenoxy) is 1. The van der Waals surface area contributed by atoms with Crippen LogP contribution in [0.15, 0.2) is 48.7 Å². The fraction of sp³-hybridized carbons (Fsp3) is 0.364. The van der Waals surface area contributed by atoms with Gasteiger partial charge in [-0.2, -0.15) is 0 Å². The monoisotopic (exact) mass is 370 g/mol. The number of aromatic amines is 1. The molecule has 2 heterocycles. The van der Waals surface area contributed by atoms with Gasteiger partial charge in [-0.1, -0.05) is 30.3 Å². The predicted molar refractivity (Wildman–Crippen MR) is 103 cm³/mol. The third kappa shape index (κ3) is 3.32. The Kier molecular flexibility index (Phi) is 4.87. The van der Waals surface area contributed by atoms with Gasteiger partial charge in [-0.15, -0.1) is 0 Å². The maximum absolute atomic E-state index is 13.5. The Hall–Kier alpha value is -2.40. The number of rotatable bonds is 5. The van der Waals surface area contributed by atoms with Crippen LogP contribution in [0.2, 0.25) is 0 Å². The van der Waals surface area contributed by atoms with E-state index in [-0.39, 0.29) is 6.04 Å². The van der Waals surface area contributed by atoms with Crippen LogP contribution < -0.4 is 4.74 Å². The van der Waals surface area contributed by atoms with Gasteiger partial charge in [-0.05, 0) is 36.6 Å². The van der Waals surface area contributed by atoms with Crippen molar-refractivity contribution in [1.29, 1.82) is 0 Å². The summed E-state index contributed by atoms with van der Waals surface area (Å²) >= 11 is 0. The van der Waals surface area contributed by atoms with Crippen molar-refractivity contribution in [2.24, 2.45) is 5.92 Å². The zero-order valence-electron chi connectivity index (χ0n) is 15.6. The number of likely N-dealkylation sites (tertiary alicyclic amines) is 1. The number of benzene rings is 2. The smallest absolute Gasteiger partial charge is 0.242 e. The van der Waals surface area contributed by atoms with Crippen LogP contribution in [0.4, 0.5) is 8.78 Å². The Bertz CT molecular complexity index is 923. The van der Waals surface area contributed by atoms with E-state index in [1.807, 2.05) is 55.6 Å². The molecule has 1 aliphatic heterocycles. The topological polar surface area (TPSA) is 28.3 Å². The van der Waals surface area contributed by atoms with Crippen molar-refractivity contribution in [1.82, 2.24) is 9.88 Å². The van der Waals surface area contributed by atoms with E-state index in [1.165, 1.54) is 0 Å². The molecule has 2 atom stereocenters. The molecule has 1 aliphatic rings. The largest absolute Gasteiger partial charge is 0.496 e. The van der Waals surface area contributed by atoms with Crippen molar-refractivity contribution in [2.45, 2.75) is 32.4 Å². The van der Waals surface area contributed by atoms with E-state index in [2.05, 4.69) is 9.88 Å². The van der Waals surface area contributed by atoms with Crippen LogP contribution in [0.5, 0.6) is 5.75 Å². The minimum atomic E-state index is -2.30. The molecule has 0 saturated carbocycles. The highest BCUT2D eigenvalue weighted by Crippen LogP contribution is 2.41. The lowest BCUT2D eigenvalue weighted by atomic mass is 9.99. The first-order valence-corrected chi connectivity index (χ1v) is 9.29. The standard InChI is InChI=1S/C22H24F2N2O/c1-14-10-20(27-2)18(17-8-9-25-21(14)17)13-26-12-16(22(23)24)11-19(26)15-6-4-3-5-7-15/h3-10,16,19,22,25H,11-13H2,1-2H3. The van der Waals surface area contributed by atoms with Crippen LogP contribution in [-0.2, 0) is 6.54 Å². The predicted octanol–water partition coefficient (Wildman–Crippen LogP) is 5.31. The first kappa shape index (κ1) is 18.0. The highest BCUT2D eigenvalue weighted by Gasteiger charge is 2.38. The molecule has 0 aliphatic carbocycles. The normalized spacial score (nSPS) is 20.6. The molecule has 2 aromatic carbocycles. The zero-order valence-corrected chi connectivity index (χ0v) is 15.6. The summed E-state index contributed by atoms with van der Waals surface area (Å²) in [5.74, 6) is 0.209. The number of aryl methyl sites for hydroxylation is 1. The third-order valence-corrected chi connectivity index (χ3v) is 5.67. The number of H-pyrrole nitrogens is 1. The van der Waals surface area contributed by atoms with Gasteiger partial charge in [0, 0.05) is 47.7 Å².